The molecule has 19 heavy (non-hydrogen) atoms. The summed E-state index contributed by atoms with van der Waals surface area (Å²) in [5, 5.41) is 5.22. The Labute approximate surface area is 121 Å². The van der Waals surface area contributed by atoms with Crippen LogP contribution in [0.3, 0.4) is 0 Å². The number of fused-ring (bicyclic) bond motifs is 1. The highest BCUT2D eigenvalue weighted by Crippen LogP contribution is 2.24. The lowest BCUT2D eigenvalue weighted by Crippen LogP contribution is -1.98. The highest BCUT2D eigenvalue weighted by atomic mass is 35.5. The molecule has 0 atom stereocenters. The minimum Gasteiger partial charge on any atom is -0.378 e. The van der Waals surface area contributed by atoms with Crippen LogP contribution in [0.15, 0.2) is 42.5 Å². The van der Waals surface area contributed by atoms with Gasteiger partial charge in [-0.2, -0.15) is 0 Å². The van der Waals surface area contributed by atoms with E-state index in [0.29, 0.717) is 0 Å². The van der Waals surface area contributed by atoms with E-state index in [4.69, 9.17) is 11.6 Å². The number of rotatable bonds is 3. The Hall–Kier alpha value is -1.58. The van der Waals surface area contributed by atoms with E-state index in [-0.39, 0.29) is 0 Å². The summed E-state index contributed by atoms with van der Waals surface area (Å²) < 4.78 is 1.22. The normalized spacial score (nSPS) is 10.8. The average molecular weight is 289 g/mol. The number of hydrogen-bond donors (Lipinski definition) is 1. The fourth-order valence-corrected chi connectivity index (χ4v) is 2.96. The van der Waals surface area contributed by atoms with Gasteiger partial charge in [0, 0.05) is 10.7 Å². The molecule has 1 N–H and O–H groups in total. The predicted molar refractivity (Wildman–Crippen MR) is 83.1 cm³/mol. The van der Waals surface area contributed by atoms with Gasteiger partial charge in [0.05, 0.1) is 16.8 Å². The fraction of sp³-hybridized carbons (Fsp3) is 0.133. The van der Waals surface area contributed by atoms with Crippen LogP contribution >= 0.6 is 22.9 Å². The molecular weight excluding hydrogens is 276 g/mol. The zero-order valence-electron chi connectivity index (χ0n) is 10.5. The van der Waals surface area contributed by atoms with Gasteiger partial charge in [0.15, 0.2) is 0 Å². The Morgan fingerprint density at radius 3 is 2.84 bits per heavy atom. The third-order valence-electron chi connectivity index (χ3n) is 2.95. The zero-order chi connectivity index (χ0) is 13.2. The van der Waals surface area contributed by atoms with Crippen LogP contribution in [0.5, 0.6) is 0 Å². The van der Waals surface area contributed by atoms with Crippen LogP contribution in [-0.2, 0) is 6.54 Å². The Kier molecular flexibility index (Phi) is 3.40. The molecule has 3 aromatic rings. The Morgan fingerprint density at radius 1 is 1.21 bits per heavy atom. The van der Waals surface area contributed by atoms with E-state index in [2.05, 4.69) is 16.4 Å². The lowest BCUT2D eigenvalue weighted by atomic mass is 10.2. The van der Waals surface area contributed by atoms with Gasteiger partial charge in [0.1, 0.15) is 5.01 Å². The quantitative estimate of drug-likeness (QED) is 0.744. The Morgan fingerprint density at radius 2 is 2.05 bits per heavy atom. The first-order valence-corrected chi connectivity index (χ1v) is 7.26. The first-order valence-electron chi connectivity index (χ1n) is 6.07. The number of nitrogens with zero attached hydrogens (tertiary/aromatic N) is 1. The van der Waals surface area contributed by atoms with E-state index in [9.17, 15) is 0 Å². The summed E-state index contributed by atoms with van der Waals surface area (Å²) in [7, 11) is 0. The molecule has 0 radical (unpaired) electrons. The summed E-state index contributed by atoms with van der Waals surface area (Å²) in [5.41, 5.74) is 3.17. The monoisotopic (exact) mass is 288 g/mol. The number of para-hydroxylation sites is 1. The van der Waals surface area contributed by atoms with Gasteiger partial charge in [-0.15, -0.1) is 11.3 Å². The molecule has 2 nitrogen and oxygen atoms in total. The van der Waals surface area contributed by atoms with Gasteiger partial charge < -0.3 is 5.32 Å². The summed E-state index contributed by atoms with van der Waals surface area (Å²) in [6.45, 7) is 2.72. The summed E-state index contributed by atoms with van der Waals surface area (Å²) in [5.74, 6) is 0. The van der Waals surface area contributed by atoms with Crippen molar-refractivity contribution in [1.82, 2.24) is 4.98 Å². The molecule has 0 aliphatic heterocycles. The molecule has 0 saturated heterocycles. The number of halogens is 1. The molecule has 0 spiro atoms. The van der Waals surface area contributed by atoms with E-state index in [1.807, 2.05) is 43.3 Å². The molecule has 0 aliphatic carbocycles. The lowest BCUT2D eigenvalue weighted by Gasteiger charge is -2.05. The minimum atomic E-state index is 0.721. The topological polar surface area (TPSA) is 24.9 Å². The molecule has 2 aromatic carbocycles. The molecule has 0 amide bonds. The van der Waals surface area contributed by atoms with Crippen LogP contribution in [-0.4, -0.2) is 4.98 Å². The van der Waals surface area contributed by atoms with Crippen molar-refractivity contribution in [3.8, 4) is 0 Å². The van der Waals surface area contributed by atoms with E-state index in [0.717, 1.165) is 33.3 Å². The molecule has 0 fully saturated rings. The highest BCUT2D eigenvalue weighted by Gasteiger charge is 2.03. The second-order valence-corrected chi connectivity index (χ2v) is 5.92. The maximum atomic E-state index is 6.11. The molecule has 96 valence electrons. The van der Waals surface area contributed by atoms with Crippen molar-refractivity contribution in [1.29, 1.82) is 0 Å². The van der Waals surface area contributed by atoms with Crippen LogP contribution < -0.4 is 5.32 Å². The first-order chi connectivity index (χ1) is 9.22. The summed E-state index contributed by atoms with van der Waals surface area (Å²) in [6.07, 6.45) is 0. The van der Waals surface area contributed by atoms with Crippen molar-refractivity contribution < 1.29 is 0 Å². The van der Waals surface area contributed by atoms with Crippen LogP contribution in [0.4, 0.5) is 5.69 Å². The van der Waals surface area contributed by atoms with Gasteiger partial charge in [-0.05, 0) is 36.8 Å². The van der Waals surface area contributed by atoms with Gasteiger partial charge >= 0.3 is 0 Å². The number of thiazole rings is 1. The second kappa shape index (κ2) is 5.19. The predicted octanol–water partition coefficient (Wildman–Crippen LogP) is 4.87. The second-order valence-electron chi connectivity index (χ2n) is 4.39. The molecule has 0 unspecified atom stereocenters. The number of aryl methyl sites for hydroxylation is 1. The third kappa shape index (κ3) is 2.72. The molecule has 4 heteroatoms. The number of nitrogens with one attached hydrogen (secondary N) is 1. The average Bonchev–Trinajstić information content (AvgIpc) is 2.83. The summed E-state index contributed by atoms with van der Waals surface area (Å²) >= 11 is 7.82. The molecule has 0 saturated carbocycles. The van der Waals surface area contributed by atoms with Gasteiger partial charge in [0.25, 0.3) is 0 Å². The van der Waals surface area contributed by atoms with Gasteiger partial charge in [0.2, 0.25) is 0 Å². The van der Waals surface area contributed by atoms with E-state index < -0.39 is 0 Å². The number of aromatic nitrogens is 1. The summed E-state index contributed by atoms with van der Waals surface area (Å²) in [4.78, 5) is 4.59. The van der Waals surface area contributed by atoms with Crippen molar-refractivity contribution in [2.45, 2.75) is 13.5 Å². The Balaban J connectivity index is 1.76. The van der Waals surface area contributed by atoms with E-state index in [1.54, 1.807) is 11.3 Å². The number of hydrogen-bond acceptors (Lipinski definition) is 3. The maximum absolute atomic E-state index is 6.11. The van der Waals surface area contributed by atoms with Gasteiger partial charge in [-0.1, -0.05) is 29.8 Å². The number of anilines is 1. The molecule has 3 rings (SSSR count). The van der Waals surface area contributed by atoms with E-state index >= 15 is 0 Å². The van der Waals surface area contributed by atoms with Crippen LogP contribution in [0.25, 0.3) is 10.2 Å². The molecular formula is C15H13ClN2S. The van der Waals surface area contributed by atoms with Crippen molar-refractivity contribution in [3.63, 3.8) is 0 Å². The lowest BCUT2D eigenvalue weighted by molar-refractivity contribution is 1.12. The minimum absolute atomic E-state index is 0.721. The smallest absolute Gasteiger partial charge is 0.113 e. The van der Waals surface area contributed by atoms with Crippen molar-refractivity contribution in [2.24, 2.45) is 0 Å². The third-order valence-corrected chi connectivity index (χ3v) is 4.40. The fourth-order valence-electron chi connectivity index (χ4n) is 1.88. The molecule has 0 aliphatic rings. The number of benzene rings is 2. The van der Waals surface area contributed by atoms with Gasteiger partial charge in [-0.3, -0.25) is 0 Å². The van der Waals surface area contributed by atoms with Crippen LogP contribution in [0, 0.1) is 6.92 Å². The highest BCUT2D eigenvalue weighted by molar-refractivity contribution is 7.18. The van der Waals surface area contributed by atoms with Crippen LogP contribution in [0.2, 0.25) is 5.02 Å². The SMILES string of the molecule is Cc1ccc(NCc2nc3ccccc3s2)cc1Cl. The van der Waals surface area contributed by atoms with Crippen molar-refractivity contribution in [3.05, 3.63) is 58.1 Å². The molecule has 1 aromatic heterocycles. The standard InChI is InChI=1S/C15H13ClN2S/c1-10-6-7-11(8-12(10)16)17-9-15-18-13-4-2-3-5-14(13)19-15/h2-8,17H,9H2,1H3. The van der Waals surface area contributed by atoms with E-state index in [1.165, 1.54) is 4.70 Å². The zero-order valence-corrected chi connectivity index (χ0v) is 12.1. The van der Waals surface area contributed by atoms with Crippen molar-refractivity contribution in [2.75, 3.05) is 5.32 Å². The first kappa shape index (κ1) is 12.5. The molecule has 0 bridgehead atoms. The molecule has 1 heterocycles. The summed E-state index contributed by atoms with van der Waals surface area (Å²) in [6, 6.07) is 14.2. The largest absolute Gasteiger partial charge is 0.378 e. The van der Waals surface area contributed by atoms with Crippen LogP contribution in [0.1, 0.15) is 10.6 Å². The van der Waals surface area contributed by atoms with Gasteiger partial charge in [-0.25, -0.2) is 4.98 Å². The van der Waals surface area contributed by atoms with Crippen molar-refractivity contribution >= 4 is 38.8 Å². The maximum Gasteiger partial charge on any atom is 0.113 e. The Bertz CT molecular complexity index is 688.